The Bertz CT molecular complexity index is 250. The maximum Gasteiger partial charge on any atom is 0.219 e. The second-order valence-corrected chi connectivity index (χ2v) is 5.48. The fourth-order valence-electron chi connectivity index (χ4n) is 1.25. The maximum absolute atomic E-state index is 13.9. The van der Waals surface area contributed by atoms with E-state index in [2.05, 4.69) is 23.3 Å². The summed E-state index contributed by atoms with van der Waals surface area (Å²) in [7, 11) is 0. The maximum atomic E-state index is 13.9. The van der Waals surface area contributed by atoms with Gasteiger partial charge < -0.3 is 15.4 Å². The van der Waals surface area contributed by atoms with Gasteiger partial charge in [0.25, 0.3) is 0 Å². The molecule has 0 aliphatic rings. The number of carbonyl (C=O) groups excluding carboxylic acids is 1. The predicted octanol–water partition coefficient (Wildman–Crippen LogP) is 1.51. The van der Waals surface area contributed by atoms with Crippen molar-refractivity contribution in [3.8, 4) is 0 Å². The van der Waals surface area contributed by atoms with Gasteiger partial charge in [-0.1, -0.05) is 6.92 Å². The molecule has 0 rings (SSSR count). The second-order valence-electron chi connectivity index (χ2n) is 4.71. The lowest BCUT2D eigenvalue weighted by atomic mass is 10.0. The van der Waals surface area contributed by atoms with Crippen LogP contribution in [0, 0.1) is 0 Å². The van der Waals surface area contributed by atoms with E-state index in [1.165, 1.54) is 0 Å². The highest BCUT2D eigenvalue weighted by molar-refractivity contribution is 7.80. The van der Waals surface area contributed by atoms with Crippen molar-refractivity contribution in [2.24, 2.45) is 0 Å². The highest BCUT2D eigenvalue weighted by atomic mass is 32.1. The normalized spacial score (nSPS) is 15.2. The Morgan fingerprint density at radius 2 is 2.11 bits per heavy atom. The summed E-state index contributed by atoms with van der Waals surface area (Å²) in [5.41, 5.74) is -0.914. The van der Waals surface area contributed by atoms with Crippen molar-refractivity contribution >= 4 is 18.5 Å². The average Bonchev–Trinajstić information content (AvgIpc) is 2.30. The molecule has 0 saturated heterocycles. The van der Waals surface area contributed by atoms with Gasteiger partial charge in [-0.15, -0.1) is 0 Å². The third kappa shape index (κ3) is 7.89. The van der Waals surface area contributed by atoms with Crippen molar-refractivity contribution in [2.75, 3.05) is 19.7 Å². The van der Waals surface area contributed by atoms with Crippen LogP contribution in [-0.4, -0.2) is 42.8 Å². The molecule has 6 heteroatoms. The number of carbonyl (C=O) groups is 1. The predicted molar refractivity (Wildman–Crippen MR) is 74.7 cm³/mol. The highest BCUT2D eigenvalue weighted by Gasteiger charge is 2.30. The smallest absolute Gasteiger partial charge is 0.219 e. The van der Waals surface area contributed by atoms with Crippen LogP contribution in [0.1, 0.15) is 34.1 Å². The first kappa shape index (κ1) is 17.7. The molecule has 2 unspecified atom stereocenters. The number of nitrogens with one attached hydrogen (secondary N) is 2. The molecular weight excluding hydrogens is 255 g/mol. The summed E-state index contributed by atoms with van der Waals surface area (Å²) in [6, 6.07) is 0. The van der Waals surface area contributed by atoms with Gasteiger partial charge in [-0.2, -0.15) is 12.6 Å². The van der Waals surface area contributed by atoms with E-state index in [0.717, 1.165) is 0 Å². The van der Waals surface area contributed by atoms with Gasteiger partial charge in [-0.3, -0.25) is 4.79 Å². The van der Waals surface area contributed by atoms with Crippen LogP contribution in [-0.2, 0) is 9.53 Å². The van der Waals surface area contributed by atoms with Gasteiger partial charge in [0.1, 0.15) is 6.17 Å². The van der Waals surface area contributed by atoms with Gasteiger partial charge in [0.15, 0.2) is 0 Å². The SMILES string of the molecule is CCC(=O)NCC(F)C(C)(C)OCCNC(C)S. The van der Waals surface area contributed by atoms with E-state index >= 15 is 0 Å². The zero-order valence-corrected chi connectivity index (χ0v) is 12.5. The molecule has 0 aliphatic carbocycles. The molecule has 0 heterocycles. The molecule has 0 spiro atoms. The van der Waals surface area contributed by atoms with Crippen LogP contribution in [0.15, 0.2) is 0 Å². The highest BCUT2D eigenvalue weighted by Crippen LogP contribution is 2.17. The van der Waals surface area contributed by atoms with Crippen LogP contribution in [0.25, 0.3) is 0 Å². The van der Waals surface area contributed by atoms with E-state index in [1.54, 1.807) is 20.8 Å². The van der Waals surface area contributed by atoms with Gasteiger partial charge in [-0.05, 0) is 20.8 Å². The fraction of sp³-hybridized carbons (Fsp3) is 0.917. The minimum absolute atomic E-state index is 0.0178. The molecule has 108 valence electrons. The third-order valence-electron chi connectivity index (χ3n) is 2.57. The van der Waals surface area contributed by atoms with Crippen molar-refractivity contribution in [2.45, 2.75) is 51.3 Å². The Morgan fingerprint density at radius 3 is 2.61 bits per heavy atom. The Kier molecular flexibility index (Phi) is 8.56. The number of hydrogen-bond donors (Lipinski definition) is 3. The number of thiol groups is 1. The van der Waals surface area contributed by atoms with Crippen molar-refractivity contribution < 1.29 is 13.9 Å². The molecule has 1 amide bonds. The number of halogens is 1. The van der Waals surface area contributed by atoms with Crippen molar-refractivity contribution in [1.29, 1.82) is 0 Å². The minimum Gasteiger partial charge on any atom is -0.371 e. The molecule has 0 bridgehead atoms. The molecule has 0 aliphatic heterocycles. The van der Waals surface area contributed by atoms with E-state index in [-0.39, 0.29) is 17.8 Å². The van der Waals surface area contributed by atoms with Gasteiger partial charge in [0.2, 0.25) is 5.91 Å². The molecule has 0 aromatic carbocycles. The molecule has 4 nitrogen and oxygen atoms in total. The first-order chi connectivity index (χ1) is 8.29. The number of rotatable bonds is 9. The molecule has 0 aromatic rings. The van der Waals surface area contributed by atoms with Crippen molar-refractivity contribution in [3.05, 3.63) is 0 Å². The second kappa shape index (κ2) is 8.72. The van der Waals surface area contributed by atoms with Gasteiger partial charge >= 0.3 is 0 Å². The molecule has 0 saturated carbocycles. The molecule has 0 radical (unpaired) electrons. The number of amides is 1. The van der Waals surface area contributed by atoms with Gasteiger partial charge in [0.05, 0.1) is 18.8 Å². The Morgan fingerprint density at radius 1 is 1.50 bits per heavy atom. The lowest BCUT2D eigenvalue weighted by Crippen LogP contribution is -2.45. The number of alkyl halides is 1. The molecule has 0 aromatic heterocycles. The van der Waals surface area contributed by atoms with Gasteiger partial charge in [0, 0.05) is 18.3 Å². The monoisotopic (exact) mass is 280 g/mol. The third-order valence-corrected chi connectivity index (χ3v) is 2.75. The van der Waals surface area contributed by atoms with E-state index < -0.39 is 11.8 Å². The van der Waals surface area contributed by atoms with Crippen LogP contribution in [0.4, 0.5) is 4.39 Å². The lowest BCUT2D eigenvalue weighted by Gasteiger charge is -2.29. The summed E-state index contributed by atoms with van der Waals surface area (Å²) in [5, 5.41) is 5.67. The van der Waals surface area contributed by atoms with Crippen LogP contribution >= 0.6 is 12.6 Å². The average molecular weight is 280 g/mol. The summed E-state index contributed by atoms with van der Waals surface area (Å²) in [6.07, 6.45) is -0.876. The molecular formula is C12H25FN2O2S. The quantitative estimate of drug-likeness (QED) is 0.341. The Balaban J connectivity index is 3.91. The van der Waals surface area contributed by atoms with Crippen molar-refractivity contribution in [3.63, 3.8) is 0 Å². The lowest BCUT2D eigenvalue weighted by molar-refractivity contribution is -0.122. The fourth-order valence-corrected chi connectivity index (χ4v) is 1.38. The summed E-state index contributed by atoms with van der Waals surface area (Å²) in [5.74, 6) is -0.154. The molecule has 0 fully saturated rings. The Hall–Kier alpha value is -0.330. The molecule has 2 N–H and O–H groups in total. The van der Waals surface area contributed by atoms with Crippen molar-refractivity contribution in [1.82, 2.24) is 10.6 Å². The summed E-state index contributed by atoms with van der Waals surface area (Å²) in [6.45, 7) is 8.00. The minimum atomic E-state index is -1.23. The van der Waals surface area contributed by atoms with E-state index in [4.69, 9.17) is 4.74 Å². The largest absolute Gasteiger partial charge is 0.371 e. The van der Waals surface area contributed by atoms with Crippen LogP contribution in [0.3, 0.4) is 0 Å². The molecule has 2 atom stereocenters. The van der Waals surface area contributed by atoms with Crippen LogP contribution in [0.5, 0.6) is 0 Å². The summed E-state index contributed by atoms with van der Waals surface area (Å²) >= 11 is 4.16. The van der Waals surface area contributed by atoms with Gasteiger partial charge in [-0.25, -0.2) is 4.39 Å². The first-order valence-electron chi connectivity index (χ1n) is 6.25. The molecule has 18 heavy (non-hydrogen) atoms. The number of ether oxygens (including phenoxy) is 1. The van der Waals surface area contributed by atoms with Crippen LogP contribution in [0.2, 0.25) is 0 Å². The zero-order chi connectivity index (χ0) is 14.2. The number of hydrogen-bond acceptors (Lipinski definition) is 4. The topological polar surface area (TPSA) is 50.4 Å². The first-order valence-corrected chi connectivity index (χ1v) is 6.77. The van der Waals surface area contributed by atoms with E-state index in [0.29, 0.717) is 19.6 Å². The standard InChI is InChI=1S/C12H25FN2O2S/c1-5-11(16)15-8-10(13)12(3,4)17-7-6-14-9(2)18/h9-10,14,18H,5-8H2,1-4H3,(H,15,16). The van der Waals surface area contributed by atoms with E-state index in [9.17, 15) is 9.18 Å². The van der Waals surface area contributed by atoms with E-state index in [1.807, 2.05) is 6.92 Å². The summed E-state index contributed by atoms with van der Waals surface area (Å²) < 4.78 is 19.4. The summed E-state index contributed by atoms with van der Waals surface area (Å²) in [4.78, 5) is 11.0. The zero-order valence-electron chi connectivity index (χ0n) is 11.6. The Labute approximate surface area is 114 Å². The van der Waals surface area contributed by atoms with Crippen LogP contribution < -0.4 is 10.6 Å².